The molecule has 1 aromatic rings. The monoisotopic (exact) mass is 241 g/mol. The fraction of sp³-hybridized carbons (Fsp3) is 0.455. The quantitative estimate of drug-likeness (QED) is 0.627. The van der Waals surface area contributed by atoms with Gasteiger partial charge in [0, 0.05) is 6.07 Å². The number of hydrogen-bond donors (Lipinski definition) is 1. The van der Waals surface area contributed by atoms with Crippen LogP contribution in [0.5, 0.6) is 11.5 Å². The molecule has 0 aromatic heterocycles. The number of hydrogen-bond acceptors (Lipinski definition) is 5. The molecular weight excluding hydrogens is 226 g/mol. The van der Waals surface area contributed by atoms with Crippen molar-refractivity contribution in [3.63, 3.8) is 0 Å². The Hall–Kier alpha value is -1.82. The summed E-state index contributed by atoms with van der Waals surface area (Å²) in [5.41, 5.74) is -0.0846. The van der Waals surface area contributed by atoms with E-state index in [9.17, 15) is 15.2 Å². The van der Waals surface area contributed by atoms with E-state index >= 15 is 0 Å². The third-order valence-electron chi connectivity index (χ3n) is 2.35. The van der Waals surface area contributed by atoms with Crippen molar-refractivity contribution in [2.75, 3.05) is 7.11 Å². The van der Waals surface area contributed by atoms with Crippen LogP contribution in [0.15, 0.2) is 18.2 Å². The minimum Gasteiger partial charge on any atom is -0.493 e. The lowest BCUT2D eigenvalue weighted by Gasteiger charge is -2.18. The molecule has 17 heavy (non-hydrogen) atoms. The van der Waals surface area contributed by atoms with Crippen LogP contribution in [0.4, 0.5) is 5.69 Å². The lowest BCUT2D eigenvalue weighted by atomic mass is 10.2. The first-order chi connectivity index (χ1) is 7.95. The van der Waals surface area contributed by atoms with Crippen LogP contribution in [-0.4, -0.2) is 29.3 Å². The summed E-state index contributed by atoms with van der Waals surface area (Å²) in [4.78, 5) is 10.1. The Labute approximate surface area is 98.9 Å². The third-order valence-corrected chi connectivity index (χ3v) is 2.35. The Kier molecular flexibility index (Phi) is 4.28. The summed E-state index contributed by atoms with van der Waals surface area (Å²) < 4.78 is 10.4. The van der Waals surface area contributed by atoms with E-state index in [1.165, 1.54) is 25.3 Å². The number of aliphatic hydroxyl groups excluding tert-OH is 1. The van der Waals surface area contributed by atoms with E-state index in [2.05, 4.69) is 0 Å². The fourth-order valence-corrected chi connectivity index (χ4v) is 1.17. The molecule has 1 N–H and O–H groups in total. The van der Waals surface area contributed by atoms with Gasteiger partial charge in [-0.15, -0.1) is 0 Å². The van der Waals surface area contributed by atoms with Gasteiger partial charge < -0.3 is 14.6 Å². The molecule has 0 fully saturated rings. The van der Waals surface area contributed by atoms with Gasteiger partial charge in [0.2, 0.25) is 0 Å². The molecule has 0 spiro atoms. The molecule has 2 unspecified atom stereocenters. The summed E-state index contributed by atoms with van der Waals surface area (Å²) in [5, 5.41) is 20.0. The molecule has 1 rings (SSSR count). The van der Waals surface area contributed by atoms with E-state index in [0.717, 1.165) is 0 Å². The van der Waals surface area contributed by atoms with Gasteiger partial charge in [-0.3, -0.25) is 10.1 Å². The van der Waals surface area contributed by atoms with Crippen molar-refractivity contribution in [3.8, 4) is 11.5 Å². The highest BCUT2D eigenvalue weighted by Crippen LogP contribution is 2.32. The molecule has 0 aliphatic heterocycles. The van der Waals surface area contributed by atoms with Gasteiger partial charge in [-0.25, -0.2) is 0 Å². The Morgan fingerprint density at radius 1 is 1.35 bits per heavy atom. The zero-order chi connectivity index (χ0) is 13.0. The van der Waals surface area contributed by atoms with Crippen molar-refractivity contribution in [1.29, 1.82) is 0 Å². The number of nitrogens with zero attached hydrogens (tertiary/aromatic N) is 1. The molecule has 0 radical (unpaired) electrons. The van der Waals surface area contributed by atoms with E-state index in [1.54, 1.807) is 13.8 Å². The van der Waals surface area contributed by atoms with E-state index in [-0.39, 0.29) is 11.4 Å². The Bertz CT molecular complexity index is 405. The summed E-state index contributed by atoms with van der Waals surface area (Å²) in [6, 6.07) is 4.07. The van der Waals surface area contributed by atoms with Gasteiger partial charge in [-0.2, -0.15) is 0 Å². The van der Waals surface area contributed by atoms with Crippen molar-refractivity contribution in [2.45, 2.75) is 26.1 Å². The number of aliphatic hydroxyl groups is 1. The van der Waals surface area contributed by atoms with Crippen LogP contribution in [-0.2, 0) is 0 Å². The number of benzene rings is 1. The second kappa shape index (κ2) is 5.49. The van der Waals surface area contributed by atoms with Gasteiger partial charge in [-0.1, -0.05) is 0 Å². The van der Waals surface area contributed by atoms with Crippen LogP contribution >= 0.6 is 0 Å². The van der Waals surface area contributed by atoms with E-state index in [4.69, 9.17) is 9.47 Å². The van der Waals surface area contributed by atoms with Gasteiger partial charge in [0.15, 0.2) is 11.5 Å². The van der Waals surface area contributed by atoms with Gasteiger partial charge in [0.05, 0.1) is 24.2 Å². The van der Waals surface area contributed by atoms with E-state index in [1.807, 2.05) is 0 Å². The van der Waals surface area contributed by atoms with E-state index < -0.39 is 17.1 Å². The van der Waals surface area contributed by atoms with Crippen LogP contribution in [0.2, 0.25) is 0 Å². The molecule has 0 saturated carbocycles. The SMILES string of the molecule is COc1ccc([N+](=O)[O-])cc1OC(C)C(C)O. The molecule has 0 heterocycles. The molecule has 0 aliphatic carbocycles. The van der Waals surface area contributed by atoms with Crippen molar-refractivity contribution < 1.29 is 19.5 Å². The minimum atomic E-state index is -0.682. The normalized spacial score (nSPS) is 13.9. The molecule has 0 bridgehead atoms. The number of ether oxygens (including phenoxy) is 2. The highest BCUT2D eigenvalue weighted by molar-refractivity contribution is 5.48. The first kappa shape index (κ1) is 13.2. The van der Waals surface area contributed by atoms with Crippen LogP contribution in [0.3, 0.4) is 0 Å². The molecule has 6 nitrogen and oxygen atoms in total. The Morgan fingerprint density at radius 2 is 2.00 bits per heavy atom. The standard InChI is InChI=1S/C11H15NO5/c1-7(13)8(2)17-11-6-9(12(14)15)4-5-10(11)16-3/h4-8,13H,1-3H3. The summed E-state index contributed by atoms with van der Waals surface area (Å²) >= 11 is 0. The summed E-state index contributed by atoms with van der Waals surface area (Å²) in [6.45, 7) is 3.25. The predicted molar refractivity (Wildman–Crippen MR) is 61.4 cm³/mol. The van der Waals surface area contributed by atoms with Gasteiger partial charge in [-0.05, 0) is 19.9 Å². The maximum absolute atomic E-state index is 10.6. The Balaban J connectivity index is 3.02. The summed E-state index contributed by atoms with van der Waals surface area (Å²) in [6.07, 6.45) is -1.16. The number of non-ortho nitro benzene ring substituents is 1. The number of rotatable bonds is 5. The molecule has 6 heteroatoms. The average Bonchev–Trinajstić information content (AvgIpc) is 2.28. The molecule has 0 saturated heterocycles. The first-order valence-corrected chi connectivity index (χ1v) is 5.13. The second-order valence-electron chi connectivity index (χ2n) is 3.66. The summed E-state index contributed by atoms with van der Waals surface area (Å²) in [7, 11) is 1.45. The fourth-order valence-electron chi connectivity index (χ4n) is 1.17. The number of methoxy groups -OCH3 is 1. The lowest BCUT2D eigenvalue weighted by molar-refractivity contribution is -0.385. The van der Waals surface area contributed by atoms with Crippen LogP contribution in [0.25, 0.3) is 0 Å². The lowest BCUT2D eigenvalue weighted by Crippen LogP contribution is -2.25. The smallest absolute Gasteiger partial charge is 0.273 e. The van der Waals surface area contributed by atoms with Crippen LogP contribution in [0, 0.1) is 10.1 Å². The zero-order valence-corrected chi connectivity index (χ0v) is 9.91. The molecule has 2 atom stereocenters. The average molecular weight is 241 g/mol. The molecule has 1 aromatic carbocycles. The highest BCUT2D eigenvalue weighted by Gasteiger charge is 2.17. The van der Waals surface area contributed by atoms with Crippen molar-refractivity contribution in [2.24, 2.45) is 0 Å². The van der Waals surface area contributed by atoms with Crippen LogP contribution in [0.1, 0.15) is 13.8 Å². The second-order valence-corrected chi connectivity index (χ2v) is 3.66. The van der Waals surface area contributed by atoms with Crippen molar-refractivity contribution >= 4 is 5.69 Å². The zero-order valence-electron chi connectivity index (χ0n) is 9.91. The van der Waals surface area contributed by atoms with Crippen molar-refractivity contribution in [1.82, 2.24) is 0 Å². The molecule has 0 amide bonds. The van der Waals surface area contributed by atoms with Gasteiger partial charge >= 0.3 is 0 Å². The van der Waals surface area contributed by atoms with Crippen LogP contribution < -0.4 is 9.47 Å². The molecule has 94 valence electrons. The molecular formula is C11H15NO5. The number of nitro groups is 1. The minimum absolute atomic E-state index is 0.0846. The number of nitro benzene ring substituents is 1. The summed E-state index contributed by atoms with van der Waals surface area (Å²) in [5.74, 6) is 0.637. The maximum Gasteiger partial charge on any atom is 0.273 e. The first-order valence-electron chi connectivity index (χ1n) is 5.13. The van der Waals surface area contributed by atoms with E-state index in [0.29, 0.717) is 5.75 Å². The van der Waals surface area contributed by atoms with Crippen molar-refractivity contribution in [3.05, 3.63) is 28.3 Å². The Morgan fingerprint density at radius 3 is 2.47 bits per heavy atom. The topological polar surface area (TPSA) is 81.8 Å². The predicted octanol–water partition coefficient (Wildman–Crippen LogP) is 1.75. The maximum atomic E-state index is 10.6. The highest BCUT2D eigenvalue weighted by atomic mass is 16.6. The third kappa shape index (κ3) is 3.32. The van der Waals surface area contributed by atoms with Gasteiger partial charge in [0.25, 0.3) is 5.69 Å². The largest absolute Gasteiger partial charge is 0.493 e. The van der Waals surface area contributed by atoms with Gasteiger partial charge in [0.1, 0.15) is 6.10 Å². The molecule has 0 aliphatic rings.